The number of benzene rings is 4. The molecular formula is C52H61N7O8S2. The van der Waals surface area contributed by atoms with Gasteiger partial charge in [0.05, 0.1) is 45.1 Å². The van der Waals surface area contributed by atoms with E-state index in [4.69, 9.17) is 9.47 Å². The van der Waals surface area contributed by atoms with Crippen LogP contribution >= 0.6 is 22.7 Å². The number of nitrogens with one attached hydrogen (secondary N) is 5. The number of alkyl carbamates (subject to hydrolysis) is 2. The van der Waals surface area contributed by atoms with Crippen molar-refractivity contribution in [2.75, 3.05) is 0 Å². The minimum atomic E-state index is -1.13. The van der Waals surface area contributed by atoms with Crippen LogP contribution in [0.1, 0.15) is 58.7 Å². The normalized spacial score (nSPS) is 14.2. The van der Waals surface area contributed by atoms with Crippen LogP contribution in [-0.2, 0) is 53.2 Å². The molecule has 69 heavy (non-hydrogen) atoms. The monoisotopic (exact) mass is 975 g/mol. The highest BCUT2D eigenvalue weighted by atomic mass is 32.1. The van der Waals surface area contributed by atoms with E-state index in [0.717, 1.165) is 32.0 Å². The lowest BCUT2D eigenvalue weighted by molar-refractivity contribution is -0.124. The Kier molecular flexibility index (Phi) is 20.5. The summed E-state index contributed by atoms with van der Waals surface area (Å²) in [5, 5.41) is 38.5. The molecule has 0 bridgehead atoms. The molecule has 364 valence electrons. The molecule has 7 atom stereocenters. The van der Waals surface area contributed by atoms with E-state index < -0.39 is 66.5 Å². The van der Waals surface area contributed by atoms with Gasteiger partial charge in [-0.2, -0.15) is 0 Å². The Balaban J connectivity index is 1.15. The average molecular weight is 976 g/mol. The van der Waals surface area contributed by atoms with Crippen LogP contribution in [0.2, 0.25) is 0 Å². The standard InChI is InChI=1S/C52H61N7O8S2/c1-35(2)48(49(62)55-40(23-36-15-7-3-8-16-36)27-46(60)44(25-38-19-11-5-12-20-38)57-51(64)66-31-42-29-53-33-68-42)59-50(63)56-41(24-37-17-9-4-10-18-37)28-47(61)45(26-39-21-13-6-14-22-39)58-52(65)67-32-43-30-54-34-69-43/h3-22,29-30,33-35,40-41,44-48,60-61H,23-28,31-32H2,1-2H3,(H,55,62)(H,57,64)(H,58,65)(H2,56,59,63)/t40-,41-,44+,45+,46+,47+,48+/m1/s1. The first kappa shape index (κ1) is 51.7. The van der Waals surface area contributed by atoms with Crippen LogP contribution in [0.25, 0.3) is 0 Å². The molecule has 0 radical (unpaired) electrons. The number of ether oxygens (including phenoxy) is 2. The fourth-order valence-corrected chi connectivity index (χ4v) is 8.89. The van der Waals surface area contributed by atoms with Crippen molar-refractivity contribution in [3.8, 4) is 0 Å². The quantitative estimate of drug-likeness (QED) is 0.0308. The molecule has 0 saturated carbocycles. The fraction of sp³-hybridized carbons (Fsp3) is 0.346. The van der Waals surface area contributed by atoms with Gasteiger partial charge in [-0.1, -0.05) is 135 Å². The van der Waals surface area contributed by atoms with E-state index >= 15 is 0 Å². The third-order valence-electron chi connectivity index (χ3n) is 11.4. The summed E-state index contributed by atoms with van der Waals surface area (Å²) in [4.78, 5) is 64.2. The molecule has 2 heterocycles. The zero-order valence-electron chi connectivity index (χ0n) is 38.7. The molecule has 0 saturated heterocycles. The number of hydrogen-bond acceptors (Lipinski definition) is 12. The number of hydrogen-bond donors (Lipinski definition) is 7. The highest BCUT2D eigenvalue weighted by Crippen LogP contribution is 2.18. The molecule has 0 aliphatic rings. The van der Waals surface area contributed by atoms with Crippen LogP contribution in [0.15, 0.2) is 145 Å². The summed E-state index contributed by atoms with van der Waals surface area (Å²) in [6, 6.07) is 33.5. The van der Waals surface area contributed by atoms with E-state index in [-0.39, 0.29) is 38.4 Å². The van der Waals surface area contributed by atoms with E-state index in [1.165, 1.54) is 22.7 Å². The molecule has 2 aromatic heterocycles. The van der Waals surface area contributed by atoms with E-state index in [1.54, 1.807) is 23.4 Å². The second-order valence-corrected chi connectivity index (χ2v) is 19.1. The first-order chi connectivity index (χ1) is 33.5. The Morgan fingerprint density at radius 3 is 1.26 bits per heavy atom. The van der Waals surface area contributed by atoms with Crippen molar-refractivity contribution in [1.29, 1.82) is 0 Å². The van der Waals surface area contributed by atoms with E-state index in [2.05, 4.69) is 36.6 Å². The Hall–Kier alpha value is -6.66. The molecule has 7 N–H and O–H groups in total. The third-order valence-corrected chi connectivity index (χ3v) is 12.9. The van der Waals surface area contributed by atoms with Crippen molar-refractivity contribution < 1.29 is 38.9 Å². The van der Waals surface area contributed by atoms with Crippen LogP contribution in [0.3, 0.4) is 0 Å². The van der Waals surface area contributed by atoms with Gasteiger partial charge in [-0.3, -0.25) is 14.8 Å². The number of rotatable bonds is 25. The number of carbonyl (C=O) groups excluding carboxylic acids is 4. The number of nitrogens with zero attached hydrogens (tertiary/aromatic N) is 2. The number of amides is 5. The smallest absolute Gasteiger partial charge is 0.407 e. The summed E-state index contributed by atoms with van der Waals surface area (Å²) in [5.41, 5.74) is 6.88. The second kappa shape index (κ2) is 27.4. The molecule has 17 heteroatoms. The van der Waals surface area contributed by atoms with Crippen LogP contribution in [0, 0.1) is 5.92 Å². The number of aromatic nitrogens is 2. The maximum atomic E-state index is 14.4. The van der Waals surface area contributed by atoms with Crippen molar-refractivity contribution in [2.24, 2.45) is 5.92 Å². The summed E-state index contributed by atoms with van der Waals surface area (Å²) >= 11 is 2.72. The van der Waals surface area contributed by atoms with Crippen molar-refractivity contribution in [3.63, 3.8) is 0 Å². The first-order valence-electron chi connectivity index (χ1n) is 23.0. The highest BCUT2D eigenvalue weighted by molar-refractivity contribution is 7.09. The van der Waals surface area contributed by atoms with Crippen molar-refractivity contribution in [1.82, 2.24) is 36.6 Å². The minimum Gasteiger partial charge on any atom is -0.444 e. The molecule has 6 aromatic rings. The van der Waals surface area contributed by atoms with Gasteiger partial charge in [-0.25, -0.2) is 14.4 Å². The van der Waals surface area contributed by atoms with Crippen LogP contribution < -0.4 is 26.6 Å². The molecule has 15 nitrogen and oxygen atoms in total. The van der Waals surface area contributed by atoms with Crippen LogP contribution in [0.4, 0.5) is 14.4 Å². The van der Waals surface area contributed by atoms with Gasteiger partial charge in [0.2, 0.25) is 5.91 Å². The maximum Gasteiger partial charge on any atom is 0.407 e. The van der Waals surface area contributed by atoms with Crippen molar-refractivity contribution in [3.05, 3.63) is 177 Å². The Labute approximate surface area is 411 Å². The second-order valence-electron chi connectivity index (χ2n) is 17.2. The van der Waals surface area contributed by atoms with Crippen LogP contribution in [-0.4, -0.2) is 86.7 Å². The molecule has 4 aromatic carbocycles. The van der Waals surface area contributed by atoms with Gasteiger partial charge in [0.1, 0.15) is 19.3 Å². The van der Waals surface area contributed by atoms with Gasteiger partial charge in [-0.15, -0.1) is 22.7 Å². The average Bonchev–Trinajstić information content (AvgIpc) is 4.08. The topological polar surface area (TPSA) is 213 Å². The largest absolute Gasteiger partial charge is 0.444 e. The lowest BCUT2D eigenvalue weighted by Gasteiger charge is -2.31. The maximum absolute atomic E-state index is 14.4. The molecular weight excluding hydrogens is 915 g/mol. The summed E-state index contributed by atoms with van der Waals surface area (Å²) in [7, 11) is 0. The highest BCUT2D eigenvalue weighted by Gasteiger charge is 2.32. The number of urea groups is 1. The van der Waals surface area contributed by atoms with E-state index in [9.17, 15) is 29.4 Å². The SMILES string of the molecule is CC(C)[C@H](NC(=O)N[C@H](Cc1ccccc1)C[C@H](O)[C@H](Cc1ccccc1)NC(=O)OCc1cncs1)C(=O)N[C@H](Cc1ccccc1)C[C@H](O)[C@H](Cc1ccccc1)NC(=O)OCc1cncs1. The number of aliphatic hydroxyl groups is 2. The third kappa shape index (κ3) is 18.1. The summed E-state index contributed by atoms with van der Waals surface area (Å²) in [6.45, 7) is 3.70. The summed E-state index contributed by atoms with van der Waals surface area (Å²) < 4.78 is 10.9. The predicted octanol–water partition coefficient (Wildman–Crippen LogP) is 7.14. The zero-order chi connectivity index (χ0) is 48.8. The van der Waals surface area contributed by atoms with Gasteiger partial charge < -0.3 is 46.3 Å². The molecule has 0 fully saturated rings. The molecule has 0 spiro atoms. The first-order valence-corrected chi connectivity index (χ1v) is 24.7. The molecule has 5 amide bonds. The summed E-state index contributed by atoms with van der Waals surface area (Å²) in [5.74, 6) is -0.833. The lowest BCUT2D eigenvalue weighted by atomic mass is 9.93. The minimum absolute atomic E-state index is 0.0264. The Morgan fingerprint density at radius 2 is 0.899 bits per heavy atom. The zero-order valence-corrected chi connectivity index (χ0v) is 40.3. The molecule has 0 aliphatic carbocycles. The molecule has 6 rings (SSSR count). The Morgan fingerprint density at radius 1 is 0.522 bits per heavy atom. The summed E-state index contributed by atoms with van der Waals surface area (Å²) in [6.07, 6.45) is 0.942. The number of thiazole rings is 2. The molecule has 0 unspecified atom stereocenters. The van der Waals surface area contributed by atoms with Gasteiger partial charge in [0.25, 0.3) is 0 Å². The van der Waals surface area contributed by atoms with Gasteiger partial charge in [-0.05, 0) is 66.7 Å². The van der Waals surface area contributed by atoms with Crippen LogP contribution in [0.5, 0.6) is 0 Å². The van der Waals surface area contributed by atoms with Crippen molar-refractivity contribution >= 4 is 46.8 Å². The van der Waals surface area contributed by atoms with E-state index in [0.29, 0.717) is 19.3 Å². The van der Waals surface area contributed by atoms with Gasteiger partial charge >= 0.3 is 18.2 Å². The number of carbonyl (C=O) groups is 4. The Bertz CT molecular complexity index is 2420. The van der Waals surface area contributed by atoms with Gasteiger partial charge in [0, 0.05) is 24.5 Å². The van der Waals surface area contributed by atoms with Gasteiger partial charge in [0.15, 0.2) is 0 Å². The number of aliphatic hydroxyl groups excluding tert-OH is 2. The van der Waals surface area contributed by atoms with Crippen molar-refractivity contribution in [2.45, 2.75) is 108 Å². The fourth-order valence-electron chi connectivity index (χ4n) is 7.88. The van der Waals surface area contributed by atoms with E-state index in [1.807, 2.05) is 135 Å². The lowest BCUT2D eigenvalue weighted by Crippen LogP contribution is -2.57. The molecule has 0 aliphatic heterocycles. The predicted molar refractivity (Wildman–Crippen MR) is 266 cm³/mol.